The Bertz CT molecular complexity index is 40.2. The zero-order valence-electron chi connectivity index (χ0n) is 6.22. The van der Waals surface area contributed by atoms with E-state index in [2.05, 4.69) is 6.92 Å². The first-order chi connectivity index (χ1) is 4.41. The highest BCUT2D eigenvalue weighted by molar-refractivity contribution is 4.47. The molecule has 0 saturated carbocycles. The fraction of sp³-hybridized carbons (Fsp3) is 0.857. The van der Waals surface area contributed by atoms with Gasteiger partial charge in [-0.25, -0.2) is 0 Å². The van der Waals surface area contributed by atoms with E-state index in [1.807, 2.05) is 0 Å². The van der Waals surface area contributed by atoms with Crippen molar-refractivity contribution in [2.45, 2.75) is 19.8 Å². The van der Waals surface area contributed by atoms with E-state index in [9.17, 15) is 0 Å². The Hall–Kier alpha value is -0.0800. The monoisotopic (exact) mass is 131 g/mol. The van der Waals surface area contributed by atoms with Gasteiger partial charge in [0.2, 0.25) is 0 Å². The molecule has 0 aromatic carbocycles. The van der Waals surface area contributed by atoms with Crippen molar-refractivity contribution in [2.24, 2.45) is 0 Å². The van der Waals surface area contributed by atoms with E-state index in [0.29, 0.717) is 0 Å². The molecule has 0 bridgehead atoms. The Balaban J connectivity index is 2.60. The van der Waals surface area contributed by atoms with Crippen LogP contribution in [0.5, 0.6) is 0 Å². The average molecular weight is 131 g/mol. The van der Waals surface area contributed by atoms with Gasteiger partial charge < -0.3 is 9.47 Å². The maximum Gasteiger partial charge on any atom is 0.0859 e. The summed E-state index contributed by atoms with van der Waals surface area (Å²) in [4.78, 5) is 0. The molecule has 9 heavy (non-hydrogen) atoms. The number of hydrogen-bond acceptors (Lipinski definition) is 2. The SMILES string of the molecule is CCCO[CH]CCOC. The van der Waals surface area contributed by atoms with Crippen molar-refractivity contribution in [3.8, 4) is 0 Å². The van der Waals surface area contributed by atoms with Crippen LogP contribution in [0.3, 0.4) is 0 Å². The number of ether oxygens (including phenoxy) is 2. The van der Waals surface area contributed by atoms with E-state index in [-0.39, 0.29) is 0 Å². The first kappa shape index (κ1) is 8.92. The van der Waals surface area contributed by atoms with Gasteiger partial charge in [-0.15, -0.1) is 0 Å². The second-order valence-electron chi connectivity index (χ2n) is 1.82. The van der Waals surface area contributed by atoms with Gasteiger partial charge in [-0.1, -0.05) is 6.92 Å². The van der Waals surface area contributed by atoms with Gasteiger partial charge >= 0.3 is 0 Å². The zero-order chi connectivity index (χ0) is 6.95. The summed E-state index contributed by atoms with van der Waals surface area (Å²) in [5.41, 5.74) is 0. The Labute approximate surface area is 57.2 Å². The molecule has 0 rings (SSSR count). The first-order valence-electron chi connectivity index (χ1n) is 3.34. The largest absolute Gasteiger partial charge is 0.385 e. The molecule has 0 aliphatic rings. The minimum absolute atomic E-state index is 0.754. The second kappa shape index (κ2) is 7.92. The molecule has 2 nitrogen and oxygen atoms in total. The molecule has 0 fully saturated rings. The third-order valence-electron chi connectivity index (χ3n) is 0.880. The summed E-state index contributed by atoms with van der Waals surface area (Å²) < 4.78 is 9.89. The summed E-state index contributed by atoms with van der Waals surface area (Å²) in [5.74, 6) is 0. The van der Waals surface area contributed by atoms with Crippen LogP contribution in [0, 0.1) is 6.61 Å². The minimum Gasteiger partial charge on any atom is -0.385 e. The Kier molecular flexibility index (Phi) is 7.85. The Morgan fingerprint density at radius 1 is 1.33 bits per heavy atom. The topological polar surface area (TPSA) is 18.5 Å². The summed E-state index contributed by atoms with van der Waals surface area (Å²) in [6.45, 7) is 5.46. The van der Waals surface area contributed by atoms with Crippen LogP contribution < -0.4 is 0 Å². The first-order valence-corrected chi connectivity index (χ1v) is 3.34. The van der Waals surface area contributed by atoms with E-state index in [0.717, 1.165) is 26.1 Å². The molecule has 2 heteroatoms. The molecule has 0 heterocycles. The Morgan fingerprint density at radius 3 is 2.67 bits per heavy atom. The van der Waals surface area contributed by atoms with E-state index < -0.39 is 0 Å². The lowest BCUT2D eigenvalue weighted by Gasteiger charge is -1.98. The normalized spacial score (nSPS) is 10.0. The van der Waals surface area contributed by atoms with Crippen LogP contribution in [-0.2, 0) is 9.47 Å². The van der Waals surface area contributed by atoms with Gasteiger partial charge in [-0.05, 0) is 12.8 Å². The molecule has 0 atom stereocenters. The molecule has 0 aliphatic heterocycles. The third-order valence-corrected chi connectivity index (χ3v) is 0.880. The van der Waals surface area contributed by atoms with E-state index in [1.165, 1.54) is 0 Å². The van der Waals surface area contributed by atoms with Gasteiger partial charge in [-0.3, -0.25) is 0 Å². The smallest absolute Gasteiger partial charge is 0.0859 e. The van der Waals surface area contributed by atoms with E-state index >= 15 is 0 Å². The van der Waals surface area contributed by atoms with Crippen molar-refractivity contribution >= 4 is 0 Å². The quantitative estimate of drug-likeness (QED) is 0.510. The predicted octanol–water partition coefficient (Wildman–Crippen LogP) is 1.61. The van der Waals surface area contributed by atoms with Crippen molar-refractivity contribution in [3.63, 3.8) is 0 Å². The molecule has 0 aromatic heterocycles. The van der Waals surface area contributed by atoms with Crippen LogP contribution in [0.1, 0.15) is 19.8 Å². The van der Waals surface area contributed by atoms with Gasteiger partial charge in [0.05, 0.1) is 6.61 Å². The summed E-state index contributed by atoms with van der Waals surface area (Å²) in [6.07, 6.45) is 1.96. The molecular formula is C7H15O2. The molecule has 0 N–H and O–H groups in total. The van der Waals surface area contributed by atoms with Crippen molar-refractivity contribution in [1.29, 1.82) is 0 Å². The highest BCUT2D eigenvalue weighted by Gasteiger charge is 1.85. The van der Waals surface area contributed by atoms with E-state index in [4.69, 9.17) is 9.47 Å². The molecule has 0 saturated heterocycles. The van der Waals surface area contributed by atoms with Gasteiger partial charge in [0, 0.05) is 20.3 Å². The lowest BCUT2D eigenvalue weighted by atomic mass is 10.5. The lowest BCUT2D eigenvalue weighted by molar-refractivity contribution is 0.149. The maximum absolute atomic E-state index is 5.08. The molecule has 55 valence electrons. The fourth-order valence-corrected chi connectivity index (χ4v) is 0.450. The van der Waals surface area contributed by atoms with Crippen molar-refractivity contribution in [1.82, 2.24) is 0 Å². The molecule has 0 unspecified atom stereocenters. The van der Waals surface area contributed by atoms with Crippen molar-refractivity contribution in [3.05, 3.63) is 6.61 Å². The van der Waals surface area contributed by atoms with Crippen molar-refractivity contribution in [2.75, 3.05) is 20.3 Å². The average Bonchev–Trinajstić information content (AvgIpc) is 1.89. The van der Waals surface area contributed by atoms with Gasteiger partial charge in [0.1, 0.15) is 0 Å². The number of rotatable bonds is 6. The molecule has 0 amide bonds. The van der Waals surface area contributed by atoms with E-state index in [1.54, 1.807) is 13.7 Å². The summed E-state index contributed by atoms with van der Waals surface area (Å²) in [5, 5.41) is 0. The van der Waals surface area contributed by atoms with Crippen LogP contribution in [0.2, 0.25) is 0 Å². The number of methoxy groups -OCH3 is 1. The second-order valence-corrected chi connectivity index (χ2v) is 1.82. The summed E-state index contributed by atoms with van der Waals surface area (Å²) in [7, 11) is 1.69. The highest BCUT2D eigenvalue weighted by atomic mass is 16.5. The minimum atomic E-state index is 0.754. The van der Waals surface area contributed by atoms with Gasteiger partial charge in [-0.2, -0.15) is 0 Å². The van der Waals surface area contributed by atoms with Gasteiger partial charge in [0.25, 0.3) is 0 Å². The summed E-state index contributed by atoms with van der Waals surface area (Å²) >= 11 is 0. The lowest BCUT2D eigenvalue weighted by Crippen LogP contribution is -1.93. The molecule has 0 aliphatic carbocycles. The maximum atomic E-state index is 5.08. The summed E-state index contributed by atoms with van der Waals surface area (Å²) in [6, 6.07) is 0. The highest BCUT2D eigenvalue weighted by Crippen LogP contribution is 1.90. The molecule has 1 radical (unpaired) electrons. The van der Waals surface area contributed by atoms with Crippen LogP contribution >= 0.6 is 0 Å². The van der Waals surface area contributed by atoms with Crippen LogP contribution in [0.25, 0.3) is 0 Å². The van der Waals surface area contributed by atoms with Gasteiger partial charge in [0.15, 0.2) is 0 Å². The molecular weight excluding hydrogens is 116 g/mol. The standard InChI is InChI=1S/C7H15O2/c1-3-5-9-7-4-6-8-2/h7H,3-6H2,1-2H3. The third kappa shape index (κ3) is 7.92. The van der Waals surface area contributed by atoms with Crippen LogP contribution in [-0.4, -0.2) is 20.3 Å². The predicted molar refractivity (Wildman–Crippen MR) is 37.0 cm³/mol. The van der Waals surface area contributed by atoms with Crippen LogP contribution in [0.4, 0.5) is 0 Å². The fourth-order valence-electron chi connectivity index (χ4n) is 0.450. The zero-order valence-corrected chi connectivity index (χ0v) is 6.22. The molecule has 0 spiro atoms. The Morgan fingerprint density at radius 2 is 2.11 bits per heavy atom. The number of hydrogen-bond donors (Lipinski definition) is 0. The van der Waals surface area contributed by atoms with Crippen molar-refractivity contribution < 1.29 is 9.47 Å². The molecule has 0 aromatic rings. The van der Waals surface area contributed by atoms with Crippen LogP contribution in [0.15, 0.2) is 0 Å².